The second kappa shape index (κ2) is 4.67. The molecule has 0 aliphatic carbocycles. The number of hydrogen-bond acceptors (Lipinski definition) is 2. The van der Waals surface area contributed by atoms with Crippen molar-refractivity contribution in [2.45, 2.75) is 0 Å². The van der Waals surface area contributed by atoms with Crippen LogP contribution in [0.3, 0.4) is 0 Å². The van der Waals surface area contributed by atoms with Crippen LogP contribution in [0.5, 0.6) is 0 Å². The summed E-state index contributed by atoms with van der Waals surface area (Å²) in [5, 5.41) is 3.01. The highest BCUT2D eigenvalue weighted by molar-refractivity contribution is 6.34. The minimum Gasteiger partial charge on any atom is -0.399 e. The Morgan fingerprint density at radius 1 is 1.64 bits per heavy atom. The largest absolute Gasteiger partial charge is 0.399 e. The van der Waals surface area contributed by atoms with Crippen LogP contribution in [-0.4, -0.2) is 12.5 Å². The van der Waals surface area contributed by atoms with Crippen molar-refractivity contribution in [1.82, 2.24) is 5.32 Å². The highest BCUT2D eigenvalue weighted by atomic mass is 35.5. The summed E-state index contributed by atoms with van der Waals surface area (Å²) < 4.78 is 0. The van der Waals surface area contributed by atoms with Crippen LogP contribution in [0.15, 0.2) is 30.9 Å². The summed E-state index contributed by atoms with van der Waals surface area (Å²) in [5.74, 6) is -0.248. The Morgan fingerprint density at radius 2 is 2.36 bits per heavy atom. The van der Waals surface area contributed by atoms with Crippen molar-refractivity contribution < 1.29 is 4.79 Å². The average molecular weight is 211 g/mol. The molecule has 0 saturated heterocycles. The second-order valence-electron chi connectivity index (χ2n) is 2.74. The first-order valence-corrected chi connectivity index (χ1v) is 4.47. The third-order valence-electron chi connectivity index (χ3n) is 1.64. The van der Waals surface area contributed by atoms with E-state index in [-0.39, 0.29) is 5.91 Å². The van der Waals surface area contributed by atoms with E-state index in [0.29, 0.717) is 22.8 Å². The molecule has 4 heteroatoms. The Morgan fingerprint density at radius 3 is 3.00 bits per heavy atom. The monoisotopic (exact) mass is 210 g/mol. The molecular formula is C10H11ClN2O. The number of hydrogen-bond donors (Lipinski definition) is 2. The smallest absolute Gasteiger partial charge is 0.253 e. The molecule has 1 aromatic carbocycles. The molecule has 0 unspecified atom stereocenters. The molecule has 0 bridgehead atoms. The van der Waals surface area contributed by atoms with Crippen LogP contribution in [-0.2, 0) is 0 Å². The molecule has 0 radical (unpaired) electrons. The van der Waals surface area contributed by atoms with Crippen LogP contribution in [0.4, 0.5) is 5.69 Å². The Labute approximate surface area is 87.6 Å². The highest BCUT2D eigenvalue weighted by Gasteiger charge is 2.08. The molecule has 0 atom stereocenters. The number of nitrogen functional groups attached to an aromatic ring is 1. The van der Waals surface area contributed by atoms with Crippen LogP contribution in [0.25, 0.3) is 0 Å². The van der Waals surface area contributed by atoms with Gasteiger partial charge in [0.15, 0.2) is 0 Å². The van der Waals surface area contributed by atoms with Crippen LogP contribution < -0.4 is 11.1 Å². The molecule has 1 aromatic rings. The van der Waals surface area contributed by atoms with Gasteiger partial charge in [0.25, 0.3) is 5.91 Å². The molecule has 3 N–H and O–H groups in total. The maximum Gasteiger partial charge on any atom is 0.253 e. The molecule has 3 nitrogen and oxygen atoms in total. The minimum absolute atomic E-state index is 0.248. The zero-order valence-corrected chi connectivity index (χ0v) is 8.34. The summed E-state index contributed by atoms with van der Waals surface area (Å²) in [7, 11) is 0. The van der Waals surface area contributed by atoms with E-state index >= 15 is 0 Å². The molecule has 0 spiro atoms. The van der Waals surface area contributed by atoms with Gasteiger partial charge in [-0.15, -0.1) is 6.58 Å². The Bertz CT molecular complexity index is 363. The first kappa shape index (κ1) is 10.6. The zero-order valence-electron chi connectivity index (χ0n) is 7.59. The standard InChI is InChI=1S/C10H11ClN2O/c1-2-5-13-10(14)8-6-7(12)3-4-9(8)11/h2-4,6H,1,5,12H2,(H,13,14). The predicted molar refractivity (Wildman–Crippen MR) is 58.4 cm³/mol. The van der Waals surface area contributed by atoms with E-state index in [1.807, 2.05) is 0 Å². The molecule has 0 aliphatic rings. The lowest BCUT2D eigenvalue weighted by Gasteiger charge is -2.05. The van der Waals surface area contributed by atoms with Crippen LogP contribution >= 0.6 is 11.6 Å². The average Bonchev–Trinajstić information content (AvgIpc) is 2.18. The Kier molecular flexibility index (Phi) is 3.54. The van der Waals surface area contributed by atoms with Gasteiger partial charge in [0.2, 0.25) is 0 Å². The van der Waals surface area contributed by atoms with Gasteiger partial charge in [-0.25, -0.2) is 0 Å². The van der Waals surface area contributed by atoms with Gasteiger partial charge in [0.1, 0.15) is 0 Å². The topological polar surface area (TPSA) is 55.1 Å². The minimum atomic E-state index is -0.248. The van der Waals surface area contributed by atoms with Crippen molar-refractivity contribution in [3.05, 3.63) is 41.4 Å². The van der Waals surface area contributed by atoms with Gasteiger partial charge < -0.3 is 11.1 Å². The first-order valence-electron chi connectivity index (χ1n) is 4.09. The van der Waals surface area contributed by atoms with E-state index in [9.17, 15) is 4.79 Å². The number of anilines is 1. The molecule has 0 fully saturated rings. The fourth-order valence-electron chi connectivity index (χ4n) is 0.977. The van der Waals surface area contributed by atoms with Crippen LogP contribution in [0.1, 0.15) is 10.4 Å². The van der Waals surface area contributed by atoms with E-state index in [0.717, 1.165) is 0 Å². The summed E-state index contributed by atoms with van der Waals surface area (Å²) >= 11 is 5.83. The van der Waals surface area contributed by atoms with Crippen molar-refractivity contribution in [1.29, 1.82) is 0 Å². The summed E-state index contributed by atoms with van der Waals surface area (Å²) in [6, 6.07) is 4.78. The SMILES string of the molecule is C=CCNC(=O)c1cc(N)ccc1Cl. The summed E-state index contributed by atoms with van der Waals surface area (Å²) in [4.78, 5) is 11.5. The lowest BCUT2D eigenvalue weighted by Crippen LogP contribution is -2.23. The van der Waals surface area contributed by atoms with E-state index in [2.05, 4.69) is 11.9 Å². The number of amides is 1. The van der Waals surface area contributed by atoms with E-state index in [4.69, 9.17) is 17.3 Å². The maximum absolute atomic E-state index is 11.5. The molecule has 0 aromatic heterocycles. The molecule has 1 rings (SSSR count). The third-order valence-corrected chi connectivity index (χ3v) is 1.97. The van der Waals surface area contributed by atoms with Gasteiger partial charge in [-0.3, -0.25) is 4.79 Å². The van der Waals surface area contributed by atoms with E-state index < -0.39 is 0 Å². The number of halogens is 1. The zero-order chi connectivity index (χ0) is 10.6. The molecule has 1 amide bonds. The number of carbonyl (C=O) groups excluding carboxylic acids is 1. The summed E-state index contributed by atoms with van der Waals surface area (Å²) in [5.41, 5.74) is 6.43. The lowest BCUT2D eigenvalue weighted by atomic mass is 10.2. The van der Waals surface area contributed by atoms with E-state index in [1.165, 1.54) is 0 Å². The predicted octanol–water partition coefficient (Wildman–Crippen LogP) is 1.84. The third kappa shape index (κ3) is 2.50. The molecule has 74 valence electrons. The van der Waals surface area contributed by atoms with Gasteiger partial charge in [-0.05, 0) is 18.2 Å². The highest BCUT2D eigenvalue weighted by Crippen LogP contribution is 2.18. The van der Waals surface area contributed by atoms with Crippen molar-refractivity contribution in [3.63, 3.8) is 0 Å². The number of benzene rings is 1. The second-order valence-corrected chi connectivity index (χ2v) is 3.15. The number of rotatable bonds is 3. The van der Waals surface area contributed by atoms with Gasteiger partial charge in [-0.2, -0.15) is 0 Å². The molecule has 0 aliphatic heterocycles. The lowest BCUT2D eigenvalue weighted by molar-refractivity contribution is 0.0958. The normalized spacial score (nSPS) is 9.50. The molecule has 14 heavy (non-hydrogen) atoms. The summed E-state index contributed by atoms with van der Waals surface area (Å²) in [6.07, 6.45) is 1.60. The fraction of sp³-hybridized carbons (Fsp3) is 0.100. The van der Waals surface area contributed by atoms with Gasteiger partial charge in [-0.1, -0.05) is 17.7 Å². The van der Waals surface area contributed by atoms with Gasteiger partial charge >= 0.3 is 0 Å². The number of carbonyl (C=O) groups is 1. The van der Waals surface area contributed by atoms with Crippen molar-refractivity contribution >= 4 is 23.2 Å². The Hall–Kier alpha value is -1.48. The van der Waals surface area contributed by atoms with Gasteiger partial charge in [0, 0.05) is 12.2 Å². The van der Waals surface area contributed by atoms with E-state index in [1.54, 1.807) is 24.3 Å². The van der Waals surface area contributed by atoms with Crippen LogP contribution in [0.2, 0.25) is 5.02 Å². The van der Waals surface area contributed by atoms with Crippen LogP contribution in [0, 0.1) is 0 Å². The summed E-state index contributed by atoms with van der Waals surface area (Å²) in [6.45, 7) is 3.90. The van der Waals surface area contributed by atoms with Crippen molar-refractivity contribution in [2.24, 2.45) is 0 Å². The molecule has 0 saturated carbocycles. The number of nitrogens with one attached hydrogen (secondary N) is 1. The van der Waals surface area contributed by atoms with Crippen molar-refractivity contribution in [2.75, 3.05) is 12.3 Å². The first-order chi connectivity index (χ1) is 6.65. The number of nitrogens with two attached hydrogens (primary N) is 1. The quantitative estimate of drug-likeness (QED) is 0.591. The van der Waals surface area contributed by atoms with Crippen molar-refractivity contribution in [3.8, 4) is 0 Å². The maximum atomic E-state index is 11.5. The fourth-order valence-corrected chi connectivity index (χ4v) is 1.18. The Balaban J connectivity index is 2.88. The van der Waals surface area contributed by atoms with Gasteiger partial charge in [0.05, 0.1) is 10.6 Å². The molecular weight excluding hydrogens is 200 g/mol. The molecule has 0 heterocycles.